The minimum absolute atomic E-state index is 0.223. The number of rotatable bonds is 7. The molecule has 0 aromatic heterocycles. The summed E-state index contributed by atoms with van der Waals surface area (Å²) in [6.07, 6.45) is 2.89. The molecule has 1 aliphatic heterocycles. The first-order valence-electron chi connectivity index (χ1n) is 8.36. The molecule has 140 valence electrons. The highest BCUT2D eigenvalue weighted by Gasteiger charge is 2.17. The first-order chi connectivity index (χ1) is 13.2. The lowest BCUT2D eigenvalue weighted by Gasteiger charge is -2.11. The minimum Gasteiger partial charge on any atom is -0.493 e. The van der Waals surface area contributed by atoms with Gasteiger partial charge in [0.1, 0.15) is 0 Å². The Labute approximate surface area is 171 Å². The Kier molecular flexibility index (Phi) is 6.40. The number of hydrogen-bond acceptors (Lipinski definition) is 6. The normalized spacial score (nSPS) is 12.2. The molecule has 0 atom stereocenters. The molecule has 3 rings (SSSR count). The van der Waals surface area contributed by atoms with Crippen LogP contribution in [0.1, 0.15) is 16.7 Å². The summed E-state index contributed by atoms with van der Waals surface area (Å²) in [7, 11) is 3.24. The van der Waals surface area contributed by atoms with Crippen molar-refractivity contribution in [2.24, 2.45) is 4.99 Å². The maximum atomic E-state index is 9.06. The quantitative estimate of drug-likeness (QED) is 0.448. The molecule has 0 N–H and O–H groups in total. The van der Waals surface area contributed by atoms with E-state index in [0.717, 1.165) is 26.0 Å². The number of benzene rings is 2. The smallest absolute Gasteiger partial charge is 0.231 e. The third-order valence-corrected chi connectivity index (χ3v) is 5.33. The third kappa shape index (κ3) is 4.27. The topological polar surface area (TPSA) is 73.1 Å². The van der Waals surface area contributed by atoms with Crippen LogP contribution < -0.4 is 18.9 Å². The fourth-order valence-corrected chi connectivity index (χ4v) is 3.67. The summed E-state index contributed by atoms with van der Waals surface area (Å²) in [4.78, 5) is 4.54. The molecule has 0 saturated heterocycles. The molecule has 0 spiro atoms. The summed E-state index contributed by atoms with van der Waals surface area (Å²) in [5.74, 6) is 2.83. The number of methoxy groups -OCH3 is 2. The largest absolute Gasteiger partial charge is 0.493 e. The lowest BCUT2D eigenvalue weighted by molar-refractivity contribution is 0.174. The van der Waals surface area contributed by atoms with Crippen LogP contribution in [0.4, 0.5) is 0 Å². The molecule has 0 bridgehead atoms. The monoisotopic (exact) mass is 478 g/mol. The highest BCUT2D eigenvalue weighted by molar-refractivity contribution is 14.1. The van der Waals surface area contributed by atoms with Crippen molar-refractivity contribution in [1.29, 1.82) is 5.26 Å². The predicted octanol–water partition coefficient (Wildman–Crippen LogP) is 3.76. The van der Waals surface area contributed by atoms with Gasteiger partial charge in [0.2, 0.25) is 6.79 Å². The van der Waals surface area contributed by atoms with Gasteiger partial charge in [0.25, 0.3) is 0 Å². The summed E-state index contributed by atoms with van der Waals surface area (Å²) in [6.45, 7) is 0.823. The Hall–Kier alpha value is -2.47. The molecule has 7 heteroatoms. The molecule has 0 saturated carbocycles. The third-order valence-electron chi connectivity index (χ3n) is 4.22. The zero-order valence-corrected chi connectivity index (χ0v) is 17.3. The van der Waals surface area contributed by atoms with Gasteiger partial charge in [-0.2, -0.15) is 5.26 Å². The molecular weight excluding hydrogens is 459 g/mol. The molecule has 0 unspecified atom stereocenters. The van der Waals surface area contributed by atoms with Crippen LogP contribution in [0.2, 0.25) is 0 Å². The molecule has 2 aromatic rings. The van der Waals surface area contributed by atoms with Gasteiger partial charge in [0.05, 0.1) is 30.3 Å². The van der Waals surface area contributed by atoms with Crippen LogP contribution in [0, 0.1) is 14.9 Å². The van der Waals surface area contributed by atoms with Gasteiger partial charge in [-0.25, -0.2) is 0 Å². The fourth-order valence-electron chi connectivity index (χ4n) is 2.86. The molecule has 0 aliphatic carbocycles. The summed E-state index contributed by atoms with van der Waals surface area (Å²) >= 11 is 2.23. The van der Waals surface area contributed by atoms with Crippen molar-refractivity contribution in [1.82, 2.24) is 0 Å². The SMILES string of the molecule is COc1ccc(C=NCCc2cc3c(cc2CC#N)OCO3)c(I)c1OC. The van der Waals surface area contributed by atoms with Crippen molar-refractivity contribution in [2.45, 2.75) is 12.8 Å². The summed E-state index contributed by atoms with van der Waals surface area (Å²) < 4.78 is 22.5. The van der Waals surface area contributed by atoms with Gasteiger partial charge in [-0.15, -0.1) is 0 Å². The van der Waals surface area contributed by atoms with E-state index >= 15 is 0 Å². The number of aliphatic imine (C=N–C) groups is 1. The molecule has 0 fully saturated rings. The van der Waals surface area contributed by atoms with Gasteiger partial charge in [0, 0.05) is 18.3 Å². The predicted molar refractivity (Wildman–Crippen MR) is 110 cm³/mol. The molecule has 1 heterocycles. The maximum absolute atomic E-state index is 9.06. The molecule has 0 amide bonds. The van der Waals surface area contributed by atoms with Crippen LogP contribution in [0.5, 0.6) is 23.0 Å². The number of halogens is 1. The lowest BCUT2D eigenvalue weighted by Crippen LogP contribution is -1.99. The first kappa shape index (κ1) is 19.3. The van der Waals surface area contributed by atoms with E-state index in [1.807, 2.05) is 30.5 Å². The van der Waals surface area contributed by atoms with Crippen molar-refractivity contribution >= 4 is 28.8 Å². The van der Waals surface area contributed by atoms with Crippen LogP contribution in [-0.2, 0) is 12.8 Å². The van der Waals surface area contributed by atoms with E-state index in [-0.39, 0.29) is 6.79 Å². The Morgan fingerprint density at radius 1 is 1.19 bits per heavy atom. The highest BCUT2D eigenvalue weighted by Crippen LogP contribution is 2.35. The molecule has 6 nitrogen and oxygen atoms in total. The number of nitriles is 1. The van der Waals surface area contributed by atoms with Crippen LogP contribution in [0.15, 0.2) is 29.3 Å². The number of hydrogen-bond donors (Lipinski definition) is 0. The Balaban J connectivity index is 1.73. The fraction of sp³-hybridized carbons (Fsp3) is 0.300. The standard InChI is InChI=1S/C20H19IN2O4/c1-24-16-4-3-15(19(21)20(16)25-2)11-23-8-6-14-10-18-17(26-12-27-18)9-13(14)5-7-22/h3-4,9-11H,5-6,8,12H2,1-2H3. The van der Waals surface area contributed by atoms with E-state index in [1.165, 1.54) is 0 Å². The maximum Gasteiger partial charge on any atom is 0.231 e. The van der Waals surface area contributed by atoms with E-state index in [0.29, 0.717) is 36.6 Å². The van der Waals surface area contributed by atoms with Crippen LogP contribution >= 0.6 is 22.6 Å². The average molecular weight is 478 g/mol. The van der Waals surface area contributed by atoms with Gasteiger partial charge in [-0.05, 0) is 64.4 Å². The Bertz CT molecular complexity index is 906. The zero-order valence-electron chi connectivity index (χ0n) is 15.1. The molecule has 2 aromatic carbocycles. The van der Waals surface area contributed by atoms with Gasteiger partial charge in [-0.3, -0.25) is 4.99 Å². The zero-order chi connectivity index (χ0) is 19.2. The highest BCUT2D eigenvalue weighted by atomic mass is 127. The van der Waals surface area contributed by atoms with Crippen molar-refractivity contribution < 1.29 is 18.9 Å². The van der Waals surface area contributed by atoms with Gasteiger partial charge in [0.15, 0.2) is 23.0 Å². The van der Waals surface area contributed by atoms with Crippen molar-refractivity contribution in [3.63, 3.8) is 0 Å². The average Bonchev–Trinajstić information content (AvgIpc) is 3.13. The number of ether oxygens (including phenoxy) is 4. The van der Waals surface area contributed by atoms with Crippen molar-refractivity contribution in [3.8, 4) is 29.1 Å². The number of fused-ring (bicyclic) bond motifs is 1. The van der Waals surface area contributed by atoms with Crippen molar-refractivity contribution in [3.05, 3.63) is 44.5 Å². The Morgan fingerprint density at radius 3 is 2.59 bits per heavy atom. The summed E-state index contributed by atoms with van der Waals surface area (Å²) in [6, 6.07) is 9.86. The van der Waals surface area contributed by atoms with Crippen LogP contribution in [0.25, 0.3) is 0 Å². The molecule has 1 aliphatic rings. The van der Waals surface area contributed by atoms with E-state index < -0.39 is 0 Å². The molecule has 0 radical (unpaired) electrons. The van der Waals surface area contributed by atoms with E-state index in [9.17, 15) is 0 Å². The van der Waals surface area contributed by atoms with E-state index in [1.54, 1.807) is 14.2 Å². The summed E-state index contributed by atoms with van der Waals surface area (Å²) in [5, 5.41) is 9.06. The number of nitrogens with zero attached hydrogens (tertiary/aromatic N) is 2. The van der Waals surface area contributed by atoms with Crippen molar-refractivity contribution in [2.75, 3.05) is 27.6 Å². The van der Waals surface area contributed by atoms with Crippen LogP contribution in [0.3, 0.4) is 0 Å². The second-order valence-corrected chi connectivity index (χ2v) is 6.88. The second-order valence-electron chi connectivity index (χ2n) is 5.80. The second kappa shape index (κ2) is 8.95. The van der Waals surface area contributed by atoms with Gasteiger partial charge < -0.3 is 18.9 Å². The van der Waals surface area contributed by atoms with E-state index in [4.69, 9.17) is 24.2 Å². The van der Waals surface area contributed by atoms with Crippen LogP contribution in [-0.4, -0.2) is 33.8 Å². The Morgan fingerprint density at radius 2 is 1.93 bits per heavy atom. The van der Waals surface area contributed by atoms with Gasteiger partial charge >= 0.3 is 0 Å². The van der Waals surface area contributed by atoms with E-state index in [2.05, 4.69) is 33.7 Å². The minimum atomic E-state index is 0.223. The first-order valence-corrected chi connectivity index (χ1v) is 9.44. The summed E-state index contributed by atoms with van der Waals surface area (Å²) in [5.41, 5.74) is 2.98. The molecular formula is C20H19IN2O4. The lowest BCUT2D eigenvalue weighted by atomic mass is 10.0. The molecule has 27 heavy (non-hydrogen) atoms. The van der Waals surface area contributed by atoms with Gasteiger partial charge in [-0.1, -0.05) is 0 Å².